The van der Waals surface area contributed by atoms with E-state index in [0.717, 1.165) is 59.0 Å². The highest BCUT2D eigenvalue weighted by Gasteiger charge is 2.57. The van der Waals surface area contributed by atoms with Crippen molar-refractivity contribution in [1.29, 1.82) is 0 Å². The first-order chi connectivity index (χ1) is 20.1. The van der Waals surface area contributed by atoms with Gasteiger partial charge >= 0.3 is 0 Å². The van der Waals surface area contributed by atoms with Crippen LogP contribution in [0.15, 0.2) is 0 Å². The molecule has 2 fully saturated rings. The van der Waals surface area contributed by atoms with E-state index >= 15 is 0 Å². The number of carbonyl (C=O) groups excluding carboxylic acids is 10. The summed E-state index contributed by atoms with van der Waals surface area (Å²) < 4.78 is 3.58. The minimum Gasteiger partial charge on any atom is -0.375 e. The zero-order chi connectivity index (χ0) is 32.7. The Labute approximate surface area is 260 Å². The van der Waals surface area contributed by atoms with E-state index in [2.05, 4.69) is 5.32 Å². The normalized spacial score (nSPS) is 18.2. The molecule has 2 heterocycles. The molecule has 0 aromatic rings. The molecule has 3 amide bonds. The number of hydrogen-bond donors (Lipinski definition) is 1. The van der Waals surface area contributed by atoms with Crippen molar-refractivity contribution in [2.24, 2.45) is 11.3 Å². The van der Waals surface area contributed by atoms with Crippen LogP contribution >= 0.6 is 33.3 Å². The summed E-state index contributed by atoms with van der Waals surface area (Å²) in [5.41, 5.74) is -2.60. The van der Waals surface area contributed by atoms with Crippen molar-refractivity contribution in [3.8, 4) is 0 Å². The number of carbonyl (C=O) groups is 10. The van der Waals surface area contributed by atoms with Gasteiger partial charge in [-0.2, -0.15) is 0 Å². The molecule has 2 saturated heterocycles. The Balaban J connectivity index is 2.02. The van der Waals surface area contributed by atoms with Gasteiger partial charge in [-0.05, 0) is 27.7 Å². The van der Waals surface area contributed by atoms with Crippen LogP contribution in [0.1, 0.15) is 53.4 Å². The van der Waals surface area contributed by atoms with Crippen molar-refractivity contribution in [3.63, 3.8) is 0 Å². The number of rotatable bonds is 20. The number of hydrogen-bond acceptors (Lipinski definition) is 14. The number of thioether (sulfide) groups is 1. The van der Waals surface area contributed by atoms with Crippen LogP contribution in [0, 0.1) is 11.3 Å². The van der Waals surface area contributed by atoms with Crippen molar-refractivity contribution in [1.82, 2.24) is 10.2 Å². The lowest BCUT2D eigenvalue weighted by molar-refractivity contribution is -0.155. The van der Waals surface area contributed by atoms with Gasteiger partial charge in [-0.25, -0.2) is 0 Å². The van der Waals surface area contributed by atoms with Crippen molar-refractivity contribution < 1.29 is 52.7 Å². The lowest BCUT2D eigenvalue weighted by Crippen LogP contribution is -2.54. The topological polar surface area (TPSA) is 195 Å². The van der Waals surface area contributed by atoms with E-state index in [1.165, 1.54) is 14.0 Å². The highest BCUT2D eigenvalue weighted by Crippen LogP contribution is 2.66. The fourth-order valence-electron chi connectivity index (χ4n) is 4.78. The first-order valence-corrected chi connectivity index (χ1v) is 16.5. The molecule has 1 N–H and O–H groups in total. The largest absolute Gasteiger partial charge is 0.375 e. The fourth-order valence-corrected chi connectivity index (χ4v) is 8.16. The number of ketones is 7. The van der Waals surface area contributed by atoms with E-state index in [1.54, 1.807) is 0 Å². The molecule has 0 saturated carbocycles. The highest BCUT2D eigenvalue weighted by atomic mass is 33.2. The second-order valence-electron chi connectivity index (χ2n) is 10.2. The third kappa shape index (κ3) is 8.28. The Morgan fingerprint density at radius 1 is 1.00 bits per heavy atom. The summed E-state index contributed by atoms with van der Waals surface area (Å²) >= 11 is 1.05. The fraction of sp³-hybridized carbons (Fsp3) is 0.630. The number of ether oxygens (including phenoxy) is 1. The number of nitrogens with zero attached hydrogens (tertiary/aromatic N) is 1. The number of methoxy groups -OCH3 is 1. The minimum absolute atomic E-state index is 0.0875. The van der Waals surface area contributed by atoms with E-state index in [-0.39, 0.29) is 49.7 Å². The van der Waals surface area contributed by atoms with Crippen LogP contribution in [0.5, 0.6) is 0 Å². The Bertz CT molecular complexity index is 1210. The molecule has 1 unspecified atom stereocenters. The second kappa shape index (κ2) is 15.3. The van der Waals surface area contributed by atoms with E-state index in [0.29, 0.717) is 0 Å². The van der Waals surface area contributed by atoms with Gasteiger partial charge in [-0.1, -0.05) is 21.6 Å². The molecule has 2 aliphatic rings. The number of imide groups is 1. The Kier molecular flexibility index (Phi) is 13.0. The second-order valence-corrected chi connectivity index (χ2v) is 14.3. The predicted molar refractivity (Wildman–Crippen MR) is 158 cm³/mol. The lowest BCUT2D eigenvalue weighted by atomic mass is 9.68. The lowest BCUT2D eigenvalue weighted by Gasteiger charge is -2.28. The molecule has 43 heavy (non-hydrogen) atoms. The summed E-state index contributed by atoms with van der Waals surface area (Å²) in [5.74, 6) is -8.09. The highest BCUT2D eigenvalue weighted by molar-refractivity contribution is 8.94. The van der Waals surface area contributed by atoms with Gasteiger partial charge < -0.3 is 10.1 Å². The molecular weight excluding hydrogens is 625 g/mol. The first-order valence-electron chi connectivity index (χ1n) is 13.3. The van der Waals surface area contributed by atoms with Crippen LogP contribution in [0.2, 0.25) is 0 Å². The van der Waals surface area contributed by atoms with Gasteiger partial charge in [0.2, 0.25) is 23.1 Å². The summed E-state index contributed by atoms with van der Waals surface area (Å²) in [6.07, 6.45) is -0.925. The molecule has 2 aliphatic heterocycles. The van der Waals surface area contributed by atoms with Crippen molar-refractivity contribution in [2.45, 2.75) is 62.7 Å². The van der Waals surface area contributed by atoms with Crippen LogP contribution < -0.4 is 5.32 Å². The van der Waals surface area contributed by atoms with Crippen molar-refractivity contribution in [3.05, 3.63) is 0 Å². The molecule has 0 aromatic carbocycles. The van der Waals surface area contributed by atoms with Gasteiger partial charge in [0.25, 0.3) is 0 Å². The van der Waals surface area contributed by atoms with Gasteiger partial charge in [0.1, 0.15) is 12.4 Å². The Morgan fingerprint density at radius 3 is 2.07 bits per heavy atom. The Morgan fingerprint density at radius 2 is 1.58 bits per heavy atom. The van der Waals surface area contributed by atoms with E-state index < -0.39 is 80.3 Å². The summed E-state index contributed by atoms with van der Waals surface area (Å²) in [7, 11) is 3.56. The number of likely N-dealkylation sites (tertiary alicyclic amines) is 1. The summed E-state index contributed by atoms with van der Waals surface area (Å²) in [6, 6.07) is 0. The van der Waals surface area contributed by atoms with Crippen molar-refractivity contribution in [2.75, 3.05) is 32.6 Å². The summed E-state index contributed by atoms with van der Waals surface area (Å²) in [6.45, 7) is 3.19. The average Bonchev–Trinajstić information content (AvgIpc) is 3.68. The van der Waals surface area contributed by atoms with Crippen molar-refractivity contribution >= 4 is 91.6 Å². The number of nitrogens with one attached hydrogen (secondary N) is 1. The number of amides is 3. The molecular formula is C27H34N2O11S3. The molecule has 0 aliphatic carbocycles. The van der Waals surface area contributed by atoms with Gasteiger partial charge in [-0.3, -0.25) is 52.8 Å². The standard InChI is InChI=1S/C27H34N2O11S3/c1-14(30)26(15(2)31,16(3)32)24(38)18(12-28-22(36)13-40-5)10-19(34)7-9-41-20-11-23(37)29(25(20)39)8-6-21(35)27(17(4)33)42-43-27/h18,20H,6-13H2,1-5H3,(H,28,36)/t18-,20?/m1/s1. The van der Waals surface area contributed by atoms with Gasteiger partial charge in [-0.15, -0.1) is 11.8 Å². The van der Waals surface area contributed by atoms with Crippen LogP contribution in [0.3, 0.4) is 0 Å². The molecule has 2 rings (SSSR count). The third-order valence-electron chi connectivity index (χ3n) is 7.17. The zero-order valence-corrected chi connectivity index (χ0v) is 26.9. The molecule has 0 spiro atoms. The maximum absolute atomic E-state index is 13.5. The SMILES string of the molecule is COCC(=O)NC[C@@H](CC(=O)CCSC1CC(=O)N(CCC(=O)C2(C(C)=O)SS2)C1=O)C(=O)C(C(C)=O)(C(C)=O)C(C)=O. The Hall–Kier alpha value is -2.69. The molecule has 13 nitrogen and oxygen atoms in total. The van der Waals surface area contributed by atoms with Gasteiger partial charge in [0.15, 0.2) is 38.8 Å². The van der Waals surface area contributed by atoms with E-state index in [1.807, 2.05) is 0 Å². The molecule has 0 bridgehead atoms. The molecule has 0 aromatic heterocycles. The molecule has 236 valence electrons. The third-order valence-corrected chi connectivity index (χ3v) is 11.4. The quantitative estimate of drug-likeness (QED) is 0.0824. The zero-order valence-electron chi connectivity index (χ0n) is 24.5. The van der Waals surface area contributed by atoms with E-state index in [9.17, 15) is 47.9 Å². The predicted octanol–water partition coefficient (Wildman–Crippen LogP) is 0.537. The monoisotopic (exact) mass is 658 g/mol. The summed E-state index contributed by atoms with van der Waals surface area (Å²) in [4.78, 5) is 126. The van der Waals surface area contributed by atoms with Crippen LogP contribution in [-0.4, -0.2) is 105 Å². The minimum atomic E-state index is -2.60. The van der Waals surface area contributed by atoms with Gasteiger partial charge in [0.05, 0.1) is 5.25 Å². The van der Waals surface area contributed by atoms with Crippen LogP contribution in [-0.2, 0) is 52.7 Å². The molecule has 0 radical (unpaired) electrons. The maximum Gasteiger partial charge on any atom is 0.246 e. The molecule has 2 atom stereocenters. The maximum atomic E-state index is 13.5. The first kappa shape index (κ1) is 36.5. The van der Waals surface area contributed by atoms with E-state index in [4.69, 9.17) is 4.74 Å². The smallest absolute Gasteiger partial charge is 0.246 e. The van der Waals surface area contributed by atoms with Gasteiger partial charge in [0, 0.05) is 57.6 Å². The summed E-state index contributed by atoms with van der Waals surface area (Å²) in [5, 5.41) is 1.62. The van der Waals surface area contributed by atoms with Crippen LogP contribution in [0.4, 0.5) is 0 Å². The molecule has 16 heteroatoms. The average molecular weight is 659 g/mol. The number of Topliss-reactive ketones (excluding diaryl/α,β-unsaturated/α-hetero) is 7. The van der Waals surface area contributed by atoms with Crippen LogP contribution in [0.25, 0.3) is 0 Å².